The predicted molar refractivity (Wildman–Crippen MR) is 143 cm³/mol. The Kier molecular flexibility index (Phi) is 7.15. The normalized spacial score (nSPS) is 19.3. The first-order valence-corrected chi connectivity index (χ1v) is 13.1. The number of hydrogen-bond donors (Lipinski definition) is 1. The topological polar surface area (TPSA) is 73.9 Å². The Labute approximate surface area is 220 Å². The molecule has 0 fully saturated rings. The molecule has 3 aromatic rings. The van der Waals surface area contributed by atoms with E-state index >= 15 is 0 Å². The van der Waals surface area contributed by atoms with Crippen LogP contribution in [0.3, 0.4) is 0 Å². The van der Waals surface area contributed by atoms with Crippen molar-refractivity contribution in [2.45, 2.75) is 38.2 Å². The molecular weight excluding hydrogens is 486 g/mol. The summed E-state index contributed by atoms with van der Waals surface area (Å²) in [6.45, 7) is 2.00. The molecule has 2 atom stereocenters. The molecule has 0 spiro atoms. The number of nitrogens with one attached hydrogen (secondary N) is 1. The van der Waals surface area contributed by atoms with Crippen molar-refractivity contribution < 1.29 is 23.8 Å². The van der Waals surface area contributed by atoms with Gasteiger partial charge in [-0.2, -0.15) is 0 Å². The molecule has 190 valence electrons. The van der Waals surface area contributed by atoms with Gasteiger partial charge in [-0.25, -0.2) is 4.79 Å². The van der Waals surface area contributed by atoms with E-state index in [0.29, 0.717) is 46.7 Å². The number of allylic oxidation sites excluding steroid dienone is 3. The van der Waals surface area contributed by atoms with Crippen LogP contribution >= 0.6 is 11.3 Å². The molecule has 6 nitrogen and oxygen atoms in total. The van der Waals surface area contributed by atoms with Gasteiger partial charge in [-0.15, -0.1) is 11.3 Å². The number of rotatable bonds is 7. The SMILES string of the molecule is COc1ccc(OC)c([C@@H]2C(C(=O)OCc3ccccc3)=C(C)NC3=C2C(=O)C[C@@H](c2cccs2)C3)c1. The van der Waals surface area contributed by atoms with E-state index in [-0.39, 0.29) is 18.3 Å². The van der Waals surface area contributed by atoms with Crippen molar-refractivity contribution in [3.63, 3.8) is 0 Å². The van der Waals surface area contributed by atoms with Gasteiger partial charge in [0.05, 0.1) is 25.7 Å². The molecular formula is C30H29NO5S. The minimum Gasteiger partial charge on any atom is -0.497 e. The number of carbonyl (C=O) groups is 2. The number of methoxy groups -OCH3 is 2. The van der Waals surface area contributed by atoms with Crippen LogP contribution in [0.1, 0.15) is 47.6 Å². The standard InChI is InChI=1S/C30H29NO5S/c1-18-27(30(33)36-17-19-8-5-4-6-9-19)28(22-16-21(34-2)11-12-25(22)35-3)29-23(31-18)14-20(15-24(29)32)26-10-7-13-37-26/h4-13,16,20,28,31H,14-15,17H2,1-3H3/t20-,28+/m0/s1. The van der Waals surface area contributed by atoms with E-state index in [1.54, 1.807) is 37.7 Å². The van der Waals surface area contributed by atoms with Gasteiger partial charge in [-0.3, -0.25) is 4.79 Å². The fraction of sp³-hybridized carbons (Fsp3) is 0.267. The third-order valence-corrected chi connectivity index (χ3v) is 7.99. The van der Waals surface area contributed by atoms with Crippen LogP contribution in [0.4, 0.5) is 0 Å². The second-order valence-electron chi connectivity index (χ2n) is 9.20. The third kappa shape index (κ3) is 4.91. The first kappa shape index (κ1) is 24.8. The molecule has 0 bridgehead atoms. The maximum atomic E-state index is 13.8. The molecule has 0 saturated carbocycles. The van der Waals surface area contributed by atoms with E-state index in [9.17, 15) is 9.59 Å². The largest absolute Gasteiger partial charge is 0.497 e. The number of Topliss-reactive ketones (excluding diaryl/α,β-unsaturated/α-hetero) is 1. The number of esters is 1. The van der Waals surface area contributed by atoms with Gasteiger partial charge < -0.3 is 19.5 Å². The van der Waals surface area contributed by atoms with Gasteiger partial charge in [0.1, 0.15) is 18.1 Å². The summed E-state index contributed by atoms with van der Waals surface area (Å²) in [5, 5.41) is 5.44. The van der Waals surface area contributed by atoms with Crippen molar-refractivity contribution in [2.75, 3.05) is 14.2 Å². The van der Waals surface area contributed by atoms with E-state index in [1.807, 2.05) is 54.8 Å². The smallest absolute Gasteiger partial charge is 0.337 e. The number of hydrogen-bond acceptors (Lipinski definition) is 7. The Morgan fingerprint density at radius 2 is 1.84 bits per heavy atom. The molecule has 7 heteroatoms. The average Bonchev–Trinajstić information content (AvgIpc) is 3.46. The molecule has 2 heterocycles. The maximum absolute atomic E-state index is 13.8. The Hall–Kier alpha value is -3.84. The van der Waals surface area contributed by atoms with E-state index in [4.69, 9.17) is 14.2 Å². The fourth-order valence-corrected chi connectivity index (χ4v) is 6.04. The van der Waals surface area contributed by atoms with Crippen molar-refractivity contribution in [3.05, 3.63) is 105 Å². The molecule has 1 N–H and O–H groups in total. The number of ketones is 1. The lowest BCUT2D eigenvalue weighted by atomic mass is 9.72. The van der Waals surface area contributed by atoms with Crippen molar-refractivity contribution in [1.29, 1.82) is 0 Å². The van der Waals surface area contributed by atoms with Crippen LogP contribution in [-0.4, -0.2) is 26.0 Å². The lowest BCUT2D eigenvalue weighted by Crippen LogP contribution is -2.36. The molecule has 37 heavy (non-hydrogen) atoms. The van der Waals surface area contributed by atoms with Crippen LogP contribution in [0.15, 0.2) is 88.6 Å². The fourth-order valence-electron chi connectivity index (χ4n) is 5.21. The first-order valence-electron chi connectivity index (χ1n) is 12.2. The summed E-state index contributed by atoms with van der Waals surface area (Å²) in [5.41, 5.74) is 4.11. The molecule has 1 aliphatic carbocycles. The summed E-state index contributed by atoms with van der Waals surface area (Å²) in [6, 6.07) is 19.1. The molecule has 5 rings (SSSR count). The summed E-state index contributed by atoms with van der Waals surface area (Å²) >= 11 is 1.66. The quantitative estimate of drug-likeness (QED) is 0.397. The summed E-state index contributed by atoms with van der Waals surface area (Å²) in [5.74, 6) is 0.207. The maximum Gasteiger partial charge on any atom is 0.337 e. The zero-order valence-electron chi connectivity index (χ0n) is 21.1. The monoisotopic (exact) mass is 515 g/mol. The molecule has 2 aliphatic rings. The highest BCUT2D eigenvalue weighted by molar-refractivity contribution is 7.10. The molecule has 0 unspecified atom stereocenters. The van der Waals surface area contributed by atoms with Gasteiger partial charge >= 0.3 is 5.97 Å². The van der Waals surface area contributed by atoms with Crippen LogP contribution in [0.25, 0.3) is 0 Å². The molecule has 0 radical (unpaired) electrons. The van der Waals surface area contributed by atoms with Gasteiger partial charge in [-0.05, 0) is 48.6 Å². The van der Waals surface area contributed by atoms with Crippen LogP contribution in [0.2, 0.25) is 0 Å². The minimum absolute atomic E-state index is 0.0166. The van der Waals surface area contributed by atoms with Gasteiger partial charge in [0.15, 0.2) is 5.78 Å². The predicted octanol–water partition coefficient (Wildman–Crippen LogP) is 5.87. The van der Waals surface area contributed by atoms with Crippen LogP contribution in [0, 0.1) is 0 Å². The van der Waals surface area contributed by atoms with Crippen molar-refractivity contribution in [1.82, 2.24) is 5.32 Å². The van der Waals surface area contributed by atoms with Gasteiger partial charge in [0.25, 0.3) is 0 Å². The van der Waals surface area contributed by atoms with E-state index in [0.717, 1.165) is 11.3 Å². The molecule has 0 amide bonds. The second kappa shape index (κ2) is 10.6. The summed E-state index contributed by atoms with van der Waals surface area (Å²) < 4.78 is 17.0. The minimum atomic E-state index is -0.638. The Balaban J connectivity index is 1.58. The third-order valence-electron chi connectivity index (χ3n) is 6.95. The zero-order valence-corrected chi connectivity index (χ0v) is 21.9. The van der Waals surface area contributed by atoms with Crippen molar-refractivity contribution in [2.24, 2.45) is 0 Å². The van der Waals surface area contributed by atoms with E-state index in [1.165, 1.54) is 4.88 Å². The number of ether oxygens (including phenoxy) is 3. The number of dihydropyridines is 1. The Bertz CT molecular complexity index is 1370. The highest BCUT2D eigenvalue weighted by Gasteiger charge is 2.42. The highest BCUT2D eigenvalue weighted by atomic mass is 32.1. The number of thiophene rings is 1. The summed E-state index contributed by atoms with van der Waals surface area (Å²) in [7, 11) is 3.17. The summed E-state index contributed by atoms with van der Waals surface area (Å²) in [6.07, 6.45) is 1.07. The number of benzene rings is 2. The lowest BCUT2D eigenvalue weighted by Gasteiger charge is -2.36. The summed E-state index contributed by atoms with van der Waals surface area (Å²) in [4.78, 5) is 28.6. The van der Waals surface area contributed by atoms with E-state index in [2.05, 4.69) is 11.4 Å². The Morgan fingerprint density at radius 3 is 2.54 bits per heavy atom. The molecule has 2 aromatic carbocycles. The van der Waals surface area contributed by atoms with Gasteiger partial charge in [-0.1, -0.05) is 36.4 Å². The number of carbonyl (C=O) groups excluding carboxylic acids is 2. The molecule has 1 aliphatic heterocycles. The van der Waals surface area contributed by atoms with Gasteiger partial charge in [0.2, 0.25) is 0 Å². The van der Waals surface area contributed by atoms with E-state index < -0.39 is 11.9 Å². The van der Waals surface area contributed by atoms with Crippen LogP contribution in [-0.2, 0) is 20.9 Å². The van der Waals surface area contributed by atoms with Gasteiger partial charge in [0, 0.05) is 39.7 Å². The Morgan fingerprint density at radius 1 is 1.03 bits per heavy atom. The molecule has 1 aromatic heterocycles. The van der Waals surface area contributed by atoms with Crippen LogP contribution in [0.5, 0.6) is 11.5 Å². The lowest BCUT2D eigenvalue weighted by molar-refractivity contribution is -0.140. The zero-order chi connectivity index (χ0) is 25.9. The van der Waals surface area contributed by atoms with Crippen molar-refractivity contribution >= 4 is 23.1 Å². The van der Waals surface area contributed by atoms with Crippen molar-refractivity contribution in [3.8, 4) is 11.5 Å². The average molecular weight is 516 g/mol. The first-order chi connectivity index (χ1) is 18.0. The molecule has 0 saturated heterocycles. The second-order valence-corrected chi connectivity index (χ2v) is 10.2. The highest BCUT2D eigenvalue weighted by Crippen LogP contribution is 2.48. The van der Waals surface area contributed by atoms with Crippen LogP contribution < -0.4 is 14.8 Å².